The minimum Gasteiger partial charge on any atom is -0.550 e. The van der Waals surface area contributed by atoms with Crippen LogP contribution < -0.4 is 10.4 Å². The van der Waals surface area contributed by atoms with Crippen LogP contribution in [0.4, 0.5) is 0 Å². The summed E-state index contributed by atoms with van der Waals surface area (Å²) in [5, 5.41) is 22.8. The minimum atomic E-state index is -1.23. The minimum absolute atomic E-state index is 0.0170. The fourth-order valence-corrected chi connectivity index (χ4v) is 2.71. The maximum atomic E-state index is 12.5. The van der Waals surface area contributed by atoms with E-state index in [1.807, 2.05) is 37.3 Å². The first-order valence-corrected chi connectivity index (χ1v) is 7.67. The molecule has 1 amide bonds. The molecule has 1 rings (SSSR count). The SMILES string of the molecule is CCC(c1ccccc1)C(C(=O)NCCCO)C(C)C(=O)[O-]. The van der Waals surface area contributed by atoms with Crippen molar-refractivity contribution < 1.29 is 19.8 Å². The van der Waals surface area contributed by atoms with E-state index in [0.29, 0.717) is 19.4 Å². The number of hydrogen-bond donors (Lipinski definition) is 2. The smallest absolute Gasteiger partial charge is 0.224 e. The standard InChI is InChI=1S/C17H25NO4/c1-3-14(13-8-5-4-6-9-13)15(12(2)17(21)22)16(20)18-10-7-11-19/h4-6,8-9,12,14-15,19H,3,7,10-11H2,1-2H3,(H,18,20)(H,21,22)/p-1. The molecule has 0 radical (unpaired) electrons. The van der Waals surface area contributed by atoms with Crippen LogP contribution in [0.3, 0.4) is 0 Å². The van der Waals surface area contributed by atoms with E-state index in [1.165, 1.54) is 6.92 Å². The molecule has 0 saturated heterocycles. The number of amides is 1. The molecule has 0 aliphatic heterocycles. The van der Waals surface area contributed by atoms with Crippen molar-refractivity contribution in [2.45, 2.75) is 32.6 Å². The van der Waals surface area contributed by atoms with Gasteiger partial charge in [-0.2, -0.15) is 0 Å². The van der Waals surface area contributed by atoms with E-state index in [1.54, 1.807) is 0 Å². The van der Waals surface area contributed by atoms with Gasteiger partial charge in [0.05, 0.1) is 5.92 Å². The second-order valence-electron chi connectivity index (χ2n) is 5.43. The highest BCUT2D eigenvalue weighted by Gasteiger charge is 2.33. The molecule has 1 aromatic carbocycles. The van der Waals surface area contributed by atoms with Gasteiger partial charge >= 0.3 is 0 Å². The number of aliphatic carboxylic acids is 1. The van der Waals surface area contributed by atoms with Crippen molar-refractivity contribution in [3.8, 4) is 0 Å². The van der Waals surface area contributed by atoms with E-state index >= 15 is 0 Å². The molecule has 3 atom stereocenters. The van der Waals surface area contributed by atoms with Gasteiger partial charge in [-0.1, -0.05) is 44.2 Å². The van der Waals surface area contributed by atoms with Gasteiger partial charge in [0.2, 0.25) is 5.91 Å². The third-order valence-electron chi connectivity index (χ3n) is 3.95. The van der Waals surface area contributed by atoms with Crippen molar-refractivity contribution in [2.75, 3.05) is 13.2 Å². The van der Waals surface area contributed by atoms with Gasteiger partial charge in [0, 0.05) is 25.0 Å². The van der Waals surface area contributed by atoms with Crippen molar-refractivity contribution >= 4 is 11.9 Å². The highest BCUT2D eigenvalue weighted by molar-refractivity contribution is 5.84. The van der Waals surface area contributed by atoms with Crippen LogP contribution in [0.1, 0.15) is 38.2 Å². The van der Waals surface area contributed by atoms with Gasteiger partial charge in [0.15, 0.2) is 0 Å². The van der Waals surface area contributed by atoms with Crippen LogP contribution in [0.15, 0.2) is 30.3 Å². The maximum Gasteiger partial charge on any atom is 0.224 e. The molecule has 1 aromatic rings. The summed E-state index contributed by atoms with van der Waals surface area (Å²) in [6, 6.07) is 9.45. The van der Waals surface area contributed by atoms with E-state index in [9.17, 15) is 14.7 Å². The number of carbonyl (C=O) groups is 2. The molecular weight excluding hydrogens is 282 g/mol. The highest BCUT2D eigenvalue weighted by Crippen LogP contribution is 2.33. The van der Waals surface area contributed by atoms with Gasteiger partial charge in [-0.05, 0) is 24.3 Å². The Bertz CT molecular complexity index is 475. The summed E-state index contributed by atoms with van der Waals surface area (Å²) in [5.74, 6) is -3.31. The van der Waals surface area contributed by atoms with Gasteiger partial charge in [-0.15, -0.1) is 0 Å². The molecule has 0 aromatic heterocycles. The van der Waals surface area contributed by atoms with Gasteiger partial charge in [0.1, 0.15) is 0 Å². The largest absolute Gasteiger partial charge is 0.550 e. The first-order chi connectivity index (χ1) is 10.5. The van der Waals surface area contributed by atoms with Crippen LogP contribution in [0.2, 0.25) is 0 Å². The van der Waals surface area contributed by atoms with Crippen LogP contribution in [0, 0.1) is 11.8 Å². The summed E-state index contributed by atoms with van der Waals surface area (Å²) in [5.41, 5.74) is 0.945. The normalized spacial score (nSPS) is 14.9. The zero-order valence-electron chi connectivity index (χ0n) is 13.1. The van der Waals surface area contributed by atoms with Crippen LogP contribution in [-0.4, -0.2) is 30.1 Å². The molecule has 0 saturated carbocycles. The van der Waals surface area contributed by atoms with Crippen molar-refractivity contribution in [3.63, 3.8) is 0 Å². The zero-order valence-corrected chi connectivity index (χ0v) is 13.1. The van der Waals surface area contributed by atoms with Crippen LogP contribution in [-0.2, 0) is 9.59 Å². The molecule has 0 heterocycles. The second kappa shape index (κ2) is 9.20. The molecule has 2 N–H and O–H groups in total. The monoisotopic (exact) mass is 306 g/mol. The number of aliphatic hydroxyl groups excluding tert-OH is 1. The first kappa shape index (κ1) is 18.2. The van der Waals surface area contributed by atoms with E-state index in [-0.39, 0.29) is 18.4 Å². The number of benzene rings is 1. The summed E-state index contributed by atoms with van der Waals surface area (Å²) >= 11 is 0. The van der Waals surface area contributed by atoms with E-state index in [2.05, 4.69) is 5.32 Å². The average molecular weight is 306 g/mol. The Balaban J connectivity index is 3.02. The predicted molar refractivity (Wildman–Crippen MR) is 81.8 cm³/mol. The lowest BCUT2D eigenvalue weighted by atomic mass is 9.76. The fraction of sp³-hybridized carbons (Fsp3) is 0.529. The summed E-state index contributed by atoms with van der Waals surface area (Å²) < 4.78 is 0. The van der Waals surface area contributed by atoms with Gasteiger partial charge in [-0.3, -0.25) is 4.79 Å². The summed E-state index contributed by atoms with van der Waals surface area (Å²) in [6.45, 7) is 3.76. The van der Waals surface area contributed by atoms with E-state index < -0.39 is 17.8 Å². The Morgan fingerprint density at radius 3 is 2.41 bits per heavy atom. The Labute approximate surface area is 131 Å². The Kier molecular flexibility index (Phi) is 7.60. The van der Waals surface area contributed by atoms with Gasteiger partial charge in [-0.25, -0.2) is 0 Å². The quantitative estimate of drug-likeness (QED) is 0.657. The van der Waals surface area contributed by atoms with Crippen LogP contribution in [0.25, 0.3) is 0 Å². The Morgan fingerprint density at radius 1 is 1.27 bits per heavy atom. The van der Waals surface area contributed by atoms with Gasteiger partial charge in [0.25, 0.3) is 0 Å². The number of hydrogen-bond acceptors (Lipinski definition) is 4. The molecule has 5 heteroatoms. The molecule has 122 valence electrons. The second-order valence-corrected chi connectivity index (χ2v) is 5.43. The molecule has 5 nitrogen and oxygen atoms in total. The van der Waals surface area contributed by atoms with Gasteiger partial charge < -0.3 is 20.3 Å². The number of nitrogens with one attached hydrogen (secondary N) is 1. The third-order valence-corrected chi connectivity index (χ3v) is 3.95. The zero-order chi connectivity index (χ0) is 16.5. The fourth-order valence-electron chi connectivity index (χ4n) is 2.71. The topological polar surface area (TPSA) is 89.5 Å². The molecular formula is C17H24NO4-. The lowest BCUT2D eigenvalue weighted by Gasteiger charge is -2.31. The first-order valence-electron chi connectivity index (χ1n) is 7.67. The average Bonchev–Trinajstić information content (AvgIpc) is 2.52. The third kappa shape index (κ3) is 4.84. The lowest BCUT2D eigenvalue weighted by molar-refractivity contribution is -0.312. The van der Waals surface area contributed by atoms with Crippen LogP contribution >= 0.6 is 0 Å². The molecule has 0 spiro atoms. The van der Waals surface area contributed by atoms with Crippen molar-refractivity contribution in [3.05, 3.63) is 35.9 Å². The molecule has 0 bridgehead atoms. The van der Waals surface area contributed by atoms with E-state index in [0.717, 1.165) is 5.56 Å². The Hall–Kier alpha value is -1.88. The summed E-state index contributed by atoms with van der Waals surface area (Å²) in [4.78, 5) is 23.7. The number of rotatable bonds is 9. The molecule has 0 aliphatic carbocycles. The highest BCUT2D eigenvalue weighted by atomic mass is 16.4. The van der Waals surface area contributed by atoms with E-state index in [4.69, 9.17) is 5.11 Å². The molecule has 0 fully saturated rings. The number of carbonyl (C=O) groups excluding carboxylic acids is 2. The number of carboxylic acid groups (broad SMARTS) is 1. The van der Waals surface area contributed by atoms with Crippen LogP contribution in [0.5, 0.6) is 0 Å². The molecule has 0 aliphatic rings. The number of aliphatic hydroxyl groups is 1. The lowest BCUT2D eigenvalue weighted by Crippen LogP contribution is -2.44. The van der Waals surface area contributed by atoms with Crippen molar-refractivity contribution in [1.82, 2.24) is 5.32 Å². The predicted octanol–water partition coefficient (Wildman–Crippen LogP) is 0.681. The Morgan fingerprint density at radius 2 is 1.91 bits per heavy atom. The maximum absolute atomic E-state index is 12.5. The summed E-state index contributed by atoms with van der Waals surface area (Å²) in [6.07, 6.45) is 1.10. The molecule has 22 heavy (non-hydrogen) atoms. The van der Waals surface area contributed by atoms with Crippen molar-refractivity contribution in [1.29, 1.82) is 0 Å². The number of carboxylic acids is 1. The summed E-state index contributed by atoms with van der Waals surface area (Å²) in [7, 11) is 0. The van der Waals surface area contributed by atoms with Crippen molar-refractivity contribution in [2.24, 2.45) is 11.8 Å². The molecule has 3 unspecified atom stereocenters.